The molecule has 42 nitrogen and oxygen atoms in total. The molecule has 23 N–H and O–H groups in total. The number of nitrogens with one attached hydrogen (secondary N) is 12. The maximum absolute atomic E-state index is 15.7. The number of aromatic nitrogens is 2. The van der Waals surface area contributed by atoms with Crippen molar-refractivity contribution in [3.05, 3.63) is 102 Å². The fourth-order valence-electron chi connectivity index (χ4n) is 16.0. The van der Waals surface area contributed by atoms with E-state index in [4.69, 9.17) is 22.9 Å². The van der Waals surface area contributed by atoms with Gasteiger partial charge >= 0.3 is 0 Å². The zero-order chi connectivity index (χ0) is 95.5. The number of aliphatic hydroxyl groups is 2. The number of fused-ring (bicyclic) bond motifs is 4. The first-order valence-electron chi connectivity index (χ1n) is 43.5. The Labute approximate surface area is 755 Å². The highest BCUT2D eigenvalue weighted by Crippen LogP contribution is 2.28. The lowest BCUT2D eigenvalue weighted by Crippen LogP contribution is -2.62. The number of para-hydroxylation sites is 2. The van der Waals surface area contributed by atoms with Crippen LogP contribution in [0.3, 0.4) is 0 Å². The van der Waals surface area contributed by atoms with Crippen molar-refractivity contribution in [3.8, 4) is 5.75 Å². The number of phenols is 1. The molecule has 130 heavy (non-hydrogen) atoms. The summed E-state index contributed by atoms with van der Waals surface area (Å²) in [4.78, 5) is 272. The van der Waals surface area contributed by atoms with Crippen LogP contribution in [0.5, 0.6) is 5.75 Å². The van der Waals surface area contributed by atoms with Gasteiger partial charge in [-0.05, 0) is 98.9 Å². The van der Waals surface area contributed by atoms with Crippen molar-refractivity contribution in [1.82, 2.24) is 87.6 Å². The second kappa shape index (κ2) is 48.6. The van der Waals surface area contributed by atoms with Crippen LogP contribution in [-0.2, 0) is 106 Å². The van der Waals surface area contributed by atoms with E-state index in [2.05, 4.69) is 63.1 Å². The predicted molar refractivity (Wildman–Crippen MR) is 476 cm³/mol. The van der Waals surface area contributed by atoms with Gasteiger partial charge in [0.2, 0.25) is 106 Å². The normalized spacial score (nSPS) is 25.3. The summed E-state index contributed by atoms with van der Waals surface area (Å²) in [6, 6.07) is -2.91. The summed E-state index contributed by atoms with van der Waals surface area (Å²) in [6.07, 6.45) is 0.00393. The maximum atomic E-state index is 15.7. The summed E-state index contributed by atoms with van der Waals surface area (Å²) in [5, 5.41) is 59.7. The van der Waals surface area contributed by atoms with Crippen molar-refractivity contribution >= 4 is 140 Å². The highest BCUT2D eigenvalue weighted by Gasteiger charge is 2.47. The number of rotatable bonds is 24. The van der Waals surface area contributed by atoms with Crippen molar-refractivity contribution in [2.45, 2.75) is 228 Å². The lowest BCUT2D eigenvalue weighted by Gasteiger charge is -2.36. The molecule has 708 valence electrons. The molecule has 0 saturated carbocycles. The van der Waals surface area contributed by atoms with Crippen molar-refractivity contribution < 1.29 is 102 Å². The molecule has 0 aliphatic carbocycles. The smallest absolute Gasteiger partial charge is 0.246 e. The minimum absolute atomic E-state index is 0.00408. The zero-order valence-electron chi connectivity index (χ0n) is 74.2. The predicted octanol–water partition coefficient (Wildman–Crippen LogP) is -3.93. The van der Waals surface area contributed by atoms with Crippen LogP contribution in [0.1, 0.15) is 135 Å². The van der Waals surface area contributed by atoms with Gasteiger partial charge in [-0.3, -0.25) is 86.3 Å². The molecule has 15 atom stereocenters. The summed E-state index contributed by atoms with van der Waals surface area (Å²) < 4.78 is 0. The van der Waals surface area contributed by atoms with Gasteiger partial charge in [0, 0.05) is 99.9 Å². The molecular weight excluding hydrogens is 1710 g/mol. The molecule has 3 aliphatic heterocycles. The summed E-state index contributed by atoms with van der Waals surface area (Å²) >= 11 is 0.758. The van der Waals surface area contributed by atoms with E-state index in [1.165, 1.54) is 52.3 Å². The fourth-order valence-corrected chi connectivity index (χ4v) is 16.9. The first-order valence-corrected chi connectivity index (χ1v) is 44.6. The third kappa shape index (κ3) is 28.1. The number of amides is 18. The number of carbonyl (C=O) groups is 18. The summed E-state index contributed by atoms with van der Waals surface area (Å²) in [5.41, 5.74) is 25.4. The van der Waals surface area contributed by atoms with Crippen LogP contribution in [0.15, 0.2) is 85.2 Å². The molecule has 5 aromatic rings. The Morgan fingerprint density at radius 1 is 0.523 bits per heavy atom. The van der Waals surface area contributed by atoms with E-state index in [0.29, 0.717) is 64.2 Å². The second-order valence-electron chi connectivity index (χ2n) is 33.5. The van der Waals surface area contributed by atoms with Crippen LogP contribution in [0.2, 0.25) is 0 Å². The Balaban J connectivity index is 1.18. The molecule has 3 aliphatic rings. The molecule has 8 rings (SSSR count). The first kappa shape index (κ1) is 103. The van der Waals surface area contributed by atoms with Gasteiger partial charge in [0.25, 0.3) is 0 Å². The maximum Gasteiger partial charge on any atom is 0.246 e. The molecule has 2 aromatic heterocycles. The number of phenolic OH excluding ortho intramolecular Hbond substituents is 1. The van der Waals surface area contributed by atoms with E-state index in [-0.39, 0.29) is 76.6 Å². The zero-order valence-corrected chi connectivity index (χ0v) is 75.0. The van der Waals surface area contributed by atoms with Gasteiger partial charge in [-0.2, -0.15) is 0 Å². The molecule has 5 heterocycles. The Morgan fingerprint density at radius 3 is 1.62 bits per heavy atom. The summed E-state index contributed by atoms with van der Waals surface area (Å²) in [6.45, 7) is 5.55. The Kier molecular flexibility index (Phi) is 38.4. The van der Waals surface area contributed by atoms with Crippen LogP contribution in [0, 0.1) is 5.92 Å². The topological polar surface area (TPSA) is 640 Å². The number of primary amides is 3. The second-order valence-corrected chi connectivity index (χ2v) is 34.5. The molecule has 18 amide bonds. The van der Waals surface area contributed by atoms with Gasteiger partial charge in [0.05, 0.1) is 37.9 Å². The van der Waals surface area contributed by atoms with Crippen LogP contribution in [0.4, 0.5) is 0 Å². The summed E-state index contributed by atoms with van der Waals surface area (Å²) in [7, 11) is 3.87. The van der Waals surface area contributed by atoms with E-state index < -0.39 is 253 Å². The highest BCUT2D eigenvalue weighted by atomic mass is 32.2. The van der Waals surface area contributed by atoms with Crippen LogP contribution >= 0.6 is 11.8 Å². The standard InChI is InChI=1S/C87H123N21O21S/c1-9-11-22-66-80(122)96-57(29-30-88)76(118)103-65(75(117)94-41-72(91)114)44-130-45-73(115)95-61(33-48-25-27-51(110)28-26-48)83(125)104(6)47(5)74(116)99-63(38-71(90)113)85(127)107-31-17-24-67(107)81(123)98-59(37-70(89)112)78(120)100-60(32-46(3)4)86(128)108-42-52(111)36-69(108)82(124)97-58(34-49-39-92-55-20-15-13-18-53(49)55)77(119)102-64(43-109)79(121)101-62(35-50-40-93-56-21-16-14-19-54(50)56)84(126)106(8)68(23-12-10-2)87(129)105(66)7/h13-16,18-21,25-28,39-40,46-47,52,57-69,92-93,109-111H,9-12,17,22-24,29-38,41-45,88H2,1-8H3,(H2,89,112)(H2,90,113)(H2,91,114)(H,94,117)(H,95,115)(H,96,122)(H,97,124)(H,98,123)(H,99,116)(H,100,120)(H,101,121)(H,102,119)(H,103,118)/t47-,52+,57-,58-,59-,60-,61-,62-,63-,64-,65?,66-,67-,68-,69-/m0/s1. The highest BCUT2D eigenvalue weighted by molar-refractivity contribution is 8.00. The molecule has 0 spiro atoms. The lowest BCUT2D eigenvalue weighted by molar-refractivity contribution is -0.149. The number of benzene rings is 3. The van der Waals surface area contributed by atoms with E-state index in [1.807, 2.05) is 13.8 Å². The lowest BCUT2D eigenvalue weighted by atomic mass is 10.00. The monoisotopic (exact) mass is 1830 g/mol. The average Bonchev–Trinajstić information content (AvgIpc) is 1.63. The number of aromatic hydroxyl groups is 1. The van der Waals surface area contributed by atoms with Crippen LogP contribution in [-0.4, -0.2) is 312 Å². The number of hydrogen-bond acceptors (Lipinski definition) is 23. The fraction of sp³-hybridized carbons (Fsp3) is 0.540. The van der Waals surface area contributed by atoms with Gasteiger partial charge < -0.3 is 126 Å². The minimum Gasteiger partial charge on any atom is -0.508 e. The van der Waals surface area contributed by atoms with Crippen molar-refractivity contribution in [2.24, 2.45) is 28.9 Å². The number of likely N-dealkylation sites (N-methyl/N-ethyl adjacent to an activating group) is 3. The molecule has 3 aromatic carbocycles. The van der Waals surface area contributed by atoms with Crippen molar-refractivity contribution in [3.63, 3.8) is 0 Å². The molecule has 0 radical (unpaired) electrons. The van der Waals surface area contributed by atoms with E-state index in [9.17, 15) is 68.1 Å². The van der Waals surface area contributed by atoms with Crippen LogP contribution in [0.25, 0.3) is 21.8 Å². The number of carbonyl (C=O) groups excluding carboxylic acids is 18. The number of hydrogen-bond donors (Lipinski definition) is 19. The Morgan fingerprint density at radius 2 is 1.02 bits per heavy atom. The van der Waals surface area contributed by atoms with Gasteiger partial charge in [0.1, 0.15) is 90.3 Å². The third-order valence-corrected chi connectivity index (χ3v) is 24.3. The number of aromatic amines is 2. The molecule has 43 heteroatoms. The quantitative estimate of drug-likeness (QED) is 0.0280. The SMILES string of the molecule is CCCC[C@H]1C(=O)N(C)[C@@H](CCCC)C(=O)N[C@@H](CCN)C(=O)NC(C(=O)NCC(N)=O)CSCC(=O)N[C@@H](Cc2ccc(O)cc2)C(=O)N(C)[C@@H](C)C(=O)N[C@@H](CC(N)=O)C(=O)N2CCC[C@H]2C(=O)N[C@@H](CC(N)=O)C(=O)N[C@@H](CC(C)C)C(=O)N2C[C@H](O)C[C@H]2C(=O)N[C@@H](Cc2c[nH]c3ccccc23)C(=O)N[C@@H](CO)C(=O)N[C@@H](Cc2c[nH]c3ccccc23)C(=O)N1C. The number of aliphatic hydroxyl groups excluding tert-OH is 2. The van der Waals surface area contributed by atoms with E-state index in [0.717, 1.165) is 36.3 Å². The molecule has 3 fully saturated rings. The third-order valence-electron chi connectivity index (χ3n) is 23.2. The van der Waals surface area contributed by atoms with E-state index in [1.54, 1.807) is 74.8 Å². The van der Waals surface area contributed by atoms with Crippen LogP contribution < -0.4 is 76.1 Å². The summed E-state index contributed by atoms with van der Waals surface area (Å²) in [5.74, 6) is -19.4. The Bertz CT molecular complexity index is 4910. The van der Waals surface area contributed by atoms with Crippen molar-refractivity contribution in [1.29, 1.82) is 0 Å². The molecular formula is C87H123N21O21S. The van der Waals surface area contributed by atoms with Gasteiger partial charge in [0.15, 0.2) is 0 Å². The van der Waals surface area contributed by atoms with Gasteiger partial charge in [-0.1, -0.05) is 102 Å². The number of thioether (sulfide) groups is 1. The number of H-pyrrole nitrogens is 2. The number of unbranched alkanes of at least 4 members (excludes halogenated alkanes) is 2. The Hall–Kier alpha value is -12.8. The van der Waals surface area contributed by atoms with Gasteiger partial charge in [-0.15, -0.1) is 11.8 Å². The largest absolute Gasteiger partial charge is 0.508 e. The van der Waals surface area contributed by atoms with Crippen molar-refractivity contribution in [2.75, 3.05) is 65.4 Å². The first-order chi connectivity index (χ1) is 61.8. The molecule has 3 saturated heterocycles. The minimum atomic E-state index is -1.90. The van der Waals surface area contributed by atoms with Gasteiger partial charge in [-0.25, -0.2) is 0 Å². The molecule has 1 unspecified atom stereocenters. The molecule has 0 bridgehead atoms. The van der Waals surface area contributed by atoms with E-state index >= 15 is 33.6 Å². The number of nitrogens with two attached hydrogens (primary N) is 4. The average molecular weight is 1830 g/mol. The number of nitrogens with zero attached hydrogens (tertiary/aromatic N) is 5.